The molecule has 3 fully saturated rings. The zero-order valence-electron chi connectivity index (χ0n) is 17.3. The van der Waals surface area contributed by atoms with Crippen LogP contribution < -0.4 is 5.73 Å². The molecule has 14 heteroatoms. The van der Waals surface area contributed by atoms with Crippen LogP contribution in [0.5, 0.6) is 0 Å². The third-order valence-electron chi connectivity index (χ3n) is 6.42. The van der Waals surface area contributed by atoms with Gasteiger partial charge in [-0.2, -0.15) is 0 Å². The molecule has 15 atom stereocenters. The van der Waals surface area contributed by atoms with E-state index in [9.17, 15) is 46.0 Å². The van der Waals surface area contributed by atoms with Gasteiger partial charge in [0.15, 0.2) is 12.6 Å². The molecule has 11 N–H and O–H groups in total. The Bertz CT molecular complexity index is 613. The predicted molar refractivity (Wildman–Crippen MR) is 100 cm³/mol. The fourth-order valence-corrected chi connectivity index (χ4v) is 4.32. The second-order valence-electron chi connectivity index (χ2n) is 8.49. The van der Waals surface area contributed by atoms with Gasteiger partial charge in [0.05, 0.1) is 31.5 Å². The number of hydrogen-bond acceptors (Lipinski definition) is 14. The summed E-state index contributed by atoms with van der Waals surface area (Å²) in [6, 6.07) is -1.01. The summed E-state index contributed by atoms with van der Waals surface area (Å²) in [6.45, 7) is 0.163. The smallest absolute Gasteiger partial charge is 0.187 e. The molecule has 0 bridgehead atoms. The van der Waals surface area contributed by atoms with E-state index in [0.717, 1.165) is 0 Å². The first kappa shape index (κ1) is 26.1. The Kier molecular flexibility index (Phi) is 8.44. The lowest BCUT2D eigenvalue weighted by molar-refractivity contribution is -0.363. The van der Waals surface area contributed by atoms with Crippen LogP contribution in [0.3, 0.4) is 0 Å². The fraction of sp³-hybridized carbons (Fsp3) is 1.00. The van der Waals surface area contributed by atoms with E-state index in [1.807, 2.05) is 0 Å². The summed E-state index contributed by atoms with van der Waals surface area (Å²) < 4.78 is 21.8. The monoisotopic (exact) mass is 471 g/mol. The van der Waals surface area contributed by atoms with Crippen molar-refractivity contribution in [3.8, 4) is 0 Å². The molecule has 188 valence electrons. The predicted octanol–water partition coefficient (Wildman–Crippen LogP) is -6.31. The van der Waals surface area contributed by atoms with Gasteiger partial charge in [-0.3, -0.25) is 0 Å². The minimum absolute atomic E-state index is 0.538. The van der Waals surface area contributed by atoms with Crippen LogP contribution in [0.25, 0.3) is 0 Å². The van der Waals surface area contributed by atoms with Gasteiger partial charge in [-0.1, -0.05) is 0 Å². The van der Waals surface area contributed by atoms with Gasteiger partial charge in [-0.05, 0) is 6.92 Å². The number of ether oxygens (including phenoxy) is 4. The van der Waals surface area contributed by atoms with Gasteiger partial charge in [0.2, 0.25) is 0 Å². The Morgan fingerprint density at radius 2 is 1.19 bits per heavy atom. The third-order valence-corrected chi connectivity index (χ3v) is 6.42. The summed E-state index contributed by atoms with van der Waals surface area (Å²) in [6.07, 6.45) is -19.1. The molecule has 0 aromatic rings. The molecule has 14 nitrogen and oxygen atoms in total. The number of aliphatic hydroxyl groups excluding tert-OH is 9. The topological polar surface area (TPSA) is 245 Å². The van der Waals surface area contributed by atoms with Crippen molar-refractivity contribution in [3.63, 3.8) is 0 Å². The lowest BCUT2D eigenvalue weighted by Crippen LogP contribution is -2.64. The van der Waals surface area contributed by atoms with Crippen molar-refractivity contribution in [2.75, 3.05) is 13.2 Å². The van der Waals surface area contributed by atoms with Crippen molar-refractivity contribution >= 4 is 0 Å². The van der Waals surface area contributed by atoms with Crippen LogP contribution in [0.2, 0.25) is 0 Å². The highest BCUT2D eigenvalue weighted by Gasteiger charge is 2.54. The first-order valence-corrected chi connectivity index (χ1v) is 10.4. The second kappa shape index (κ2) is 10.4. The molecule has 1 saturated carbocycles. The normalized spacial score (nSPS) is 54.7. The van der Waals surface area contributed by atoms with E-state index in [4.69, 9.17) is 24.7 Å². The van der Waals surface area contributed by atoms with Crippen molar-refractivity contribution in [3.05, 3.63) is 0 Å². The van der Waals surface area contributed by atoms with E-state index < -0.39 is 105 Å². The van der Waals surface area contributed by atoms with E-state index in [0.29, 0.717) is 0 Å². The van der Waals surface area contributed by atoms with Crippen LogP contribution in [-0.4, -0.2) is 145 Å². The lowest BCUT2D eigenvalue weighted by atomic mass is 9.97. The highest BCUT2D eigenvalue weighted by molar-refractivity contribution is 5.02. The third kappa shape index (κ3) is 4.67. The Labute approximate surface area is 183 Å². The van der Waals surface area contributed by atoms with Crippen LogP contribution >= 0.6 is 0 Å². The summed E-state index contributed by atoms with van der Waals surface area (Å²) in [5.41, 5.74) is 5.77. The molecule has 32 heavy (non-hydrogen) atoms. The number of nitrogens with two attached hydrogens (primary N) is 1. The Balaban J connectivity index is 1.71. The first-order chi connectivity index (χ1) is 15.0. The Morgan fingerprint density at radius 3 is 1.78 bits per heavy atom. The summed E-state index contributed by atoms with van der Waals surface area (Å²) >= 11 is 0. The van der Waals surface area contributed by atoms with E-state index in [1.165, 1.54) is 6.92 Å². The van der Waals surface area contributed by atoms with Gasteiger partial charge in [0.1, 0.15) is 48.8 Å². The number of hydrogen-bond donors (Lipinski definition) is 10. The first-order valence-electron chi connectivity index (χ1n) is 10.4. The summed E-state index contributed by atoms with van der Waals surface area (Å²) in [5, 5.41) is 90.3. The van der Waals surface area contributed by atoms with E-state index in [-0.39, 0.29) is 0 Å². The molecule has 0 spiro atoms. The molecule has 0 unspecified atom stereocenters. The van der Waals surface area contributed by atoms with E-state index in [2.05, 4.69) is 0 Å². The van der Waals surface area contributed by atoms with Crippen molar-refractivity contribution in [2.45, 2.75) is 92.7 Å². The average Bonchev–Trinajstić information content (AvgIpc) is 2.98. The molecule has 0 aromatic heterocycles. The minimum atomic E-state index is -1.78. The van der Waals surface area contributed by atoms with Crippen LogP contribution in [0.4, 0.5) is 0 Å². The lowest BCUT2D eigenvalue weighted by Gasteiger charge is -2.46. The van der Waals surface area contributed by atoms with Gasteiger partial charge < -0.3 is 70.6 Å². The molecule has 2 saturated heterocycles. The van der Waals surface area contributed by atoms with Crippen molar-refractivity contribution in [1.82, 2.24) is 0 Å². The SMILES string of the molecule is C[C@H]1O[C@@H](O[C@H]2[C@H](O)[C@@H](O)[C@@H](O[C@H]3[C@H](O)[C@@H](O)[C@H](N)[C@@H]3CO)O[C@@H]2CO)[C@H](O)[C@@H](O)[C@@H]1O. The van der Waals surface area contributed by atoms with Crippen LogP contribution in [0, 0.1) is 5.92 Å². The van der Waals surface area contributed by atoms with Crippen molar-refractivity contribution < 1.29 is 64.9 Å². The Morgan fingerprint density at radius 1 is 0.656 bits per heavy atom. The summed E-state index contributed by atoms with van der Waals surface area (Å²) in [4.78, 5) is 0. The van der Waals surface area contributed by atoms with Gasteiger partial charge in [-0.15, -0.1) is 0 Å². The maximum absolute atomic E-state index is 10.6. The van der Waals surface area contributed by atoms with Crippen LogP contribution in [0.1, 0.15) is 6.92 Å². The summed E-state index contributed by atoms with van der Waals surface area (Å²) in [5.74, 6) is -0.894. The maximum Gasteiger partial charge on any atom is 0.187 e. The molecular weight excluding hydrogens is 438 g/mol. The Hall–Kier alpha value is -0.560. The highest BCUT2D eigenvalue weighted by Crippen LogP contribution is 2.34. The van der Waals surface area contributed by atoms with Crippen molar-refractivity contribution in [2.24, 2.45) is 11.7 Å². The molecule has 3 aliphatic rings. The van der Waals surface area contributed by atoms with E-state index in [1.54, 1.807) is 0 Å². The molecule has 0 radical (unpaired) electrons. The number of rotatable bonds is 6. The second-order valence-corrected chi connectivity index (χ2v) is 8.49. The van der Waals surface area contributed by atoms with Gasteiger partial charge in [0, 0.05) is 12.0 Å². The molecule has 2 aliphatic heterocycles. The highest BCUT2D eigenvalue weighted by atomic mass is 16.7. The van der Waals surface area contributed by atoms with Crippen LogP contribution in [-0.2, 0) is 18.9 Å². The quantitative estimate of drug-likeness (QED) is 0.173. The largest absolute Gasteiger partial charge is 0.396 e. The fourth-order valence-electron chi connectivity index (χ4n) is 4.32. The zero-order chi connectivity index (χ0) is 23.9. The standard InChI is InChI=1S/C18H33NO13/c1-4-8(22)10(24)13(27)17(29-4)32-16-6(3-21)30-18(14(28)12(16)26)31-15-5(2-20)7(19)9(23)11(15)25/h4-18,20-28H,2-3,19H2,1H3/t4-,5+,6-,7-,8-,9+,10+,11-,12-,13-,14-,15-,16-,17+,18-/m1/s1. The molecule has 0 amide bonds. The molecule has 2 heterocycles. The number of aliphatic hydroxyl groups is 9. The summed E-state index contributed by atoms with van der Waals surface area (Å²) in [7, 11) is 0. The van der Waals surface area contributed by atoms with E-state index >= 15 is 0 Å². The van der Waals surface area contributed by atoms with Gasteiger partial charge >= 0.3 is 0 Å². The average molecular weight is 471 g/mol. The van der Waals surface area contributed by atoms with Crippen molar-refractivity contribution in [1.29, 1.82) is 0 Å². The zero-order valence-corrected chi connectivity index (χ0v) is 17.3. The van der Waals surface area contributed by atoms with Gasteiger partial charge in [0.25, 0.3) is 0 Å². The molecule has 3 rings (SSSR count). The molecular formula is C18H33NO13. The van der Waals surface area contributed by atoms with Crippen LogP contribution in [0.15, 0.2) is 0 Å². The minimum Gasteiger partial charge on any atom is -0.396 e. The molecule has 0 aromatic carbocycles. The molecule has 1 aliphatic carbocycles. The van der Waals surface area contributed by atoms with Gasteiger partial charge in [-0.25, -0.2) is 0 Å². The maximum atomic E-state index is 10.6.